The van der Waals surface area contributed by atoms with Crippen molar-refractivity contribution in [1.82, 2.24) is 20.3 Å². The number of nitro groups is 1. The Hall–Kier alpha value is -3.75. The number of carbonyl (C=O) groups is 1. The van der Waals surface area contributed by atoms with Gasteiger partial charge in [0.2, 0.25) is 5.82 Å². The summed E-state index contributed by atoms with van der Waals surface area (Å²) in [4.78, 5) is 34.6. The van der Waals surface area contributed by atoms with Crippen LogP contribution in [0.2, 0.25) is 0 Å². The molecule has 27 heavy (non-hydrogen) atoms. The number of aryl methyl sites for hydroxylation is 1. The molecule has 1 amide bonds. The highest BCUT2D eigenvalue weighted by Gasteiger charge is 2.19. The maximum atomic E-state index is 13.8. The Labute approximate surface area is 153 Å². The van der Waals surface area contributed by atoms with Crippen LogP contribution in [0.5, 0.6) is 0 Å². The molecule has 136 valence electrons. The number of benzene rings is 1. The van der Waals surface area contributed by atoms with Gasteiger partial charge in [0.1, 0.15) is 5.69 Å². The van der Waals surface area contributed by atoms with Gasteiger partial charge in [-0.25, -0.2) is 4.98 Å². The first-order valence-corrected chi connectivity index (χ1v) is 7.86. The van der Waals surface area contributed by atoms with Gasteiger partial charge in [-0.1, -0.05) is 0 Å². The smallest absolute Gasteiger partial charge is 0.305 e. The molecule has 1 aromatic carbocycles. The first-order chi connectivity index (χ1) is 12.9. The number of amides is 1. The van der Waals surface area contributed by atoms with Crippen molar-refractivity contribution < 1.29 is 14.1 Å². The van der Waals surface area contributed by atoms with Gasteiger partial charge in [0.05, 0.1) is 28.7 Å². The van der Waals surface area contributed by atoms with Gasteiger partial charge in [0.25, 0.3) is 5.91 Å². The lowest BCUT2D eigenvalue weighted by Gasteiger charge is -2.08. The highest BCUT2D eigenvalue weighted by atomic mass is 19.1. The monoisotopic (exact) mass is 367 g/mol. The summed E-state index contributed by atoms with van der Waals surface area (Å²) in [5, 5.41) is 13.5. The fraction of sp³-hybridized carbons (Fsp3) is 0.111. The average molecular weight is 367 g/mol. The van der Waals surface area contributed by atoms with E-state index < -0.39 is 16.4 Å². The third kappa shape index (κ3) is 3.61. The number of hydrogen-bond acceptors (Lipinski definition) is 6. The summed E-state index contributed by atoms with van der Waals surface area (Å²) in [7, 11) is 1.50. The van der Waals surface area contributed by atoms with E-state index in [0.29, 0.717) is 28.1 Å². The third-order valence-electron chi connectivity index (χ3n) is 3.92. The van der Waals surface area contributed by atoms with E-state index in [0.717, 1.165) is 12.1 Å². The molecule has 0 saturated heterocycles. The van der Waals surface area contributed by atoms with Crippen LogP contribution in [0.25, 0.3) is 22.5 Å². The summed E-state index contributed by atoms with van der Waals surface area (Å²) < 4.78 is 13.8. The van der Waals surface area contributed by atoms with Crippen molar-refractivity contribution in [3.8, 4) is 22.5 Å². The molecule has 2 heterocycles. The molecule has 1 N–H and O–H groups in total. The van der Waals surface area contributed by atoms with Crippen LogP contribution in [0.15, 0.2) is 42.9 Å². The Balaban J connectivity index is 2.09. The van der Waals surface area contributed by atoms with Crippen molar-refractivity contribution in [2.24, 2.45) is 0 Å². The number of rotatable bonds is 4. The Kier molecular flexibility index (Phi) is 4.84. The molecule has 0 spiro atoms. The Morgan fingerprint density at radius 1 is 1.22 bits per heavy atom. The second-order valence-electron chi connectivity index (χ2n) is 5.67. The van der Waals surface area contributed by atoms with Gasteiger partial charge in [0, 0.05) is 30.4 Å². The van der Waals surface area contributed by atoms with Crippen molar-refractivity contribution in [2.75, 3.05) is 7.05 Å². The summed E-state index contributed by atoms with van der Waals surface area (Å²) in [6, 6.07) is 5.46. The van der Waals surface area contributed by atoms with Crippen molar-refractivity contribution in [2.45, 2.75) is 6.92 Å². The lowest BCUT2D eigenvalue weighted by atomic mass is 10.0. The quantitative estimate of drug-likeness (QED) is 0.561. The first-order valence-electron chi connectivity index (χ1n) is 7.86. The predicted molar refractivity (Wildman–Crippen MR) is 95.4 cm³/mol. The Morgan fingerprint density at radius 2 is 1.96 bits per heavy atom. The van der Waals surface area contributed by atoms with Gasteiger partial charge in [-0.05, 0) is 30.7 Å². The van der Waals surface area contributed by atoms with E-state index in [1.54, 1.807) is 19.1 Å². The van der Waals surface area contributed by atoms with Crippen LogP contribution in [0.4, 0.5) is 10.1 Å². The molecule has 8 nitrogen and oxygen atoms in total. The van der Waals surface area contributed by atoms with Crippen LogP contribution in [0.1, 0.15) is 16.1 Å². The number of nitrogens with one attached hydrogen (secondary N) is 1. The maximum absolute atomic E-state index is 13.8. The number of pyridine rings is 1. The summed E-state index contributed by atoms with van der Waals surface area (Å²) >= 11 is 0. The molecule has 3 rings (SSSR count). The molecule has 0 radical (unpaired) electrons. The van der Waals surface area contributed by atoms with Crippen molar-refractivity contribution >= 4 is 11.6 Å². The van der Waals surface area contributed by atoms with E-state index in [2.05, 4.69) is 20.3 Å². The number of aromatic nitrogens is 3. The van der Waals surface area contributed by atoms with Gasteiger partial charge in [-0.15, -0.1) is 0 Å². The number of halogens is 1. The standard InChI is InChI=1S/C18H14FN5O3/c1-10-5-13(19)17(24(26)27)7-12(10)16-9-21-8-15(23-16)11-3-4-22-14(6-11)18(25)20-2/h3-9H,1-2H3,(H,20,25). The second-order valence-corrected chi connectivity index (χ2v) is 5.67. The van der Waals surface area contributed by atoms with Gasteiger partial charge < -0.3 is 5.32 Å². The second kappa shape index (κ2) is 7.24. The Bertz CT molecular complexity index is 1050. The van der Waals surface area contributed by atoms with Crippen LogP contribution in [-0.4, -0.2) is 32.8 Å². The summed E-state index contributed by atoms with van der Waals surface area (Å²) in [5.74, 6) is -1.25. The van der Waals surface area contributed by atoms with E-state index in [1.165, 1.54) is 25.6 Å². The largest absolute Gasteiger partial charge is 0.354 e. The lowest BCUT2D eigenvalue weighted by molar-refractivity contribution is -0.387. The number of carbonyl (C=O) groups excluding carboxylic acids is 1. The van der Waals surface area contributed by atoms with Crippen molar-refractivity contribution in [3.63, 3.8) is 0 Å². The molecular weight excluding hydrogens is 353 g/mol. The van der Waals surface area contributed by atoms with Gasteiger partial charge in [-0.2, -0.15) is 4.39 Å². The Morgan fingerprint density at radius 3 is 2.67 bits per heavy atom. The van der Waals surface area contributed by atoms with Crippen molar-refractivity contribution in [3.05, 3.63) is 70.0 Å². The number of nitrogens with zero attached hydrogens (tertiary/aromatic N) is 4. The predicted octanol–water partition coefficient (Wildman–Crippen LogP) is 2.92. The van der Waals surface area contributed by atoms with E-state index in [-0.39, 0.29) is 11.6 Å². The highest BCUT2D eigenvalue weighted by molar-refractivity contribution is 5.93. The van der Waals surface area contributed by atoms with Crippen LogP contribution in [-0.2, 0) is 0 Å². The minimum atomic E-state index is -0.908. The molecule has 0 fully saturated rings. The van der Waals surface area contributed by atoms with Crippen LogP contribution < -0.4 is 5.32 Å². The molecule has 3 aromatic rings. The van der Waals surface area contributed by atoms with Gasteiger partial charge in [-0.3, -0.25) is 24.9 Å². The van der Waals surface area contributed by atoms with E-state index in [1.807, 2.05) is 0 Å². The molecule has 0 aliphatic heterocycles. The summed E-state index contributed by atoms with van der Waals surface area (Å²) in [6.07, 6.45) is 4.41. The molecule has 0 atom stereocenters. The molecule has 0 aliphatic carbocycles. The molecule has 2 aromatic heterocycles. The average Bonchev–Trinajstić information content (AvgIpc) is 2.67. The number of nitro benzene ring substituents is 1. The highest BCUT2D eigenvalue weighted by Crippen LogP contribution is 2.29. The van der Waals surface area contributed by atoms with Gasteiger partial charge >= 0.3 is 5.69 Å². The third-order valence-corrected chi connectivity index (χ3v) is 3.92. The number of hydrogen-bond donors (Lipinski definition) is 1. The molecule has 0 bridgehead atoms. The normalized spacial score (nSPS) is 10.5. The van der Waals surface area contributed by atoms with E-state index >= 15 is 0 Å². The molecular formula is C18H14FN5O3. The fourth-order valence-corrected chi connectivity index (χ4v) is 2.55. The topological polar surface area (TPSA) is 111 Å². The lowest BCUT2D eigenvalue weighted by Crippen LogP contribution is -2.19. The van der Waals surface area contributed by atoms with Crippen LogP contribution in [0.3, 0.4) is 0 Å². The van der Waals surface area contributed by atoms with E-state index in [9.17, 15) is 19.3 Å². The minimum Gasteiger partial charge on any atom is -0.354 e. The molecule has 9 heteroatoms. The van der Waals surface area contributed by atoms with Crippen molar-refractivity contribution in [1.29, 1.82) is 0 Å². The molecule has 0 unspecified atom stereocenters. The maximum Gasteiger partial charge on any atom is 0.305 e. The fourth-order valence-electron chi connectivity index (χ4n) is 2.55. The zero-order valence-electron chi connectivity index (χ0n) is 14.4. The minimum absolute atomic E-state index is 0.218. The molecule has 0 saturated carbocycles. The zero-order valence-corrected chi connectivity index (χ0v) is 14.4. The summed E-state index contributed by atoms with van der Waals surface area (Å²) in [6.45, 7) is 1.63. The van der Waals surface area contributed by atoms with Gasteiger partial charge in [0.15, 0.2) is 0 Å². The zero-order chi connectivity index (χ0) is 19.6. The van der Waals surface area contributed by atoms with E-state index in [4.69, 9.17) is 0 Å². The molecule has 0 aliphatic rings. The first kappa shape index (κ1) is 18.1. The van der Waals surface area contributed by atoms with Crippen LogP contribution >= 0.6 is 0 Å². The SMILES string of the molecule is CNC(=O)c1cc(-c2cncc(-c3cc([N+](=O)[O-])c(F)cc3C)n2)ccn1. The van der Waals surface area contributed by atoms with Crippen LogP contribution in [0, 0.1) is 22.9 Å². The summed E-state index contributed by atoms with van der Waals surface area (Å²) in [5.41, 5.74) is 1.89.